The second-order valence-electron chi connectivity index (χ2n) is 8.01. The van der Waals surface area contributed by atoms with Crippen molar-refractivity contribution in [2.75, 3.05) is 44.2 Å². The summed E-state index contributed by atoms with van der Waals surface area (Å²) in [5, 5.41) is 0. The van der Waals surface area contributed by atoms with Crippen LogP contribution in [0.25, 0.3) is 0 Å². The molecule has 1 atom stereocenters. The van der Waals surface area contributed by atoms with E-state index in [-0.39, 0.29) is 5.91 Å². The maximum Gasteiger partial charge on any atom is 0.274 e. The van der Waals surface area contributed by atoms with E-state index in [4.69, 9.17) is 0 Å². The summed E-state index contributed by atoms with van der Waals surface area (Å²) < 4.78 is 0. The normalized spacial score (nSPS) is 21.0. The lowest BCUT2D eigenvalue weighted by Crippen LogP contribution is -2.46. The van der Waals surface area contributed by atoms with Gasteiger partial charge >= 0.3 is 0 Å². The fourth-order valence-corrected chi connectivity index (χ4v) is 4.11. The van der Waals surface area contributed by atoms with Gasteiger partial charge in [-0.2, -0.15) is 0 Å². The highest BCUT2D eigenvalue weighted by molar-refractivity contribution is 5.92. The summed E-state index contributed by atoms with van der Waals surface area (Å²) in [7, 11) is 0. The second kappa shape index (κ2) is 8.69. The lowest BCUT2D eigenvalue weighted by Gasteiger charge is -2.35. The molecule has 0 radical (unpaired) electrons. The quantitative estimate of drug-likeness (QED) is 0.818. The summed E-state index contributed by atoms with van der Waals surface area (Å²) in [6.45, 7) is 8.71. The molecule has 1 unspecified atom stereocenters. The zero-order chi connectivity index (χ0) is 19.3. The number of amides is 1. The van der Waals surface area contributed by atoms with Gasteiger partial charge in [0.1, 0.15) is 11.5 Å². The molecule has 2 aliphatic rings. The molecule has 2 saturated heterocycles. The number of anilines is 1. The third-order valence-electron chi connectivity index (χ3n) is 5.75. The first-order valence-electron chi connectivity index (χ1n) is 10.3. The minimum atomic E-state index is 0.0123. The lowest BCUT2D eigenvalue weighted by molar-refractivity contribution is 0.0676. The molecule has 148 valence electrons. The molecule has 4 rings (SSSR count). The first-order chi connectivity index (χ1) is 13.7. The van der Waals surface area contributed by atoms with Gasteiger partial charge in [0, 0.05) is 45.8 Å². The summed E-state index contributed by atoms with van der Waals surface area (Å²) in [5.74, 6) is 1.44. The minimum Gasteiger partial charge on any atom is -0.353 e. The van der Waals surface area contributed by atoms with Gasteiger partial charge in [0.25, 0.3) is 5.91 Å². The van der Waals surface area contributed by atoms with Crippen molar-refractivity contribution in [3.05, 3.63) is 54.0 Å². The highest BCUT2D eigenvalue weighted by atomic mass is 16.2. The van der Waals surface area contributed by atoms with E-state index in [9.17, 15) is 4.79 Å². The molecule has 0 spiro atoms. The lowest BCUT2D eigenvalue weighted by atomic mass is 10.0. The molecule has 0 bridgehead atoms. The van der Waals surface area contributed by atoms with Crippen LogP contribution in [0.3, 0.4) is 0 Å². The molecule has 0 saturated carbocycles. The average Bonchev–Trinajstić information content (AvgIpc) is 2.75. The van der Waals surface area contributed by atoms with Crippen LogP contribution in [0.2, 0.25) is 0 Å². The largest absolute Gasteiger partial charge is 0.353 e. The zero-order valence-electron chi connectivity index (χ0n) is 16.6. The Labute approximate surface area is 167 Å². The van der Waals surface area contributed by atoms with Gasteiger partial charge in [0.05, 0.1) is 12.4 Å². The highest BCUT2D eigenvalue weighted by Crippen LogP contribution is 2.18. The number of carbonyl (C=O) groups excluding carboxylic acids is 1. The van der Waals surface area contributed by atoms with Gasteiger partial charge in [-0.25, -0.2) is 9.97 Å². The predicted octanol–water partition coefficient (Wildman–Crippen LogP) is 2.67. The third-order valence-corrected chi connectivity index (χ3v) is 5.75. The summed E-state index contributed by atoms with van der Waals surface area (Å²) in [4.78, 5) is 28.3. The number of hydrogen-bond acceptors (Lipinski definition) is 5. The van der Waals surface area contributed by atoms with Crippen LogP contribution in [0, 0.1) is 5.92 Å². The van der Waals surface area contributed by atoms with E-state index in [1.807, 2.05) is 4.90 Å². The highest BCUT2D eigenvalue weighted by Gasteiger charge is 2.24. The SMILES string of the molecule is CC1CCCN(C(=O)c2cnc(N3CCN(Cc4ccccc4)CC3)cn2)C1. The van der Waals surface area contributed by atoms with Crippen LogP contribution < -0.4 is 4.90 Å². The molecule has 2 aliphatic heterocycles. The predicted molar refractivity (Wildman–Crippen MR) is 110 cm³/mol. The minimum absolute atomic E-state index is 0.0123. The van der Waals surface area contributed by atoms with Crippen LogP contribution in [-0.4, -0.2) is 64.9 Å². The van der Waals surface area contributed by atoms with Crippen molar-refractivity contribution in [1.29, 1.82) is 0 Å². The Morgan fingerprint density at radius 3 is 2.50 bits per heavy atom. The number of nitrogens with zero attached hydrogens (tertiary/aromatic N) is 5. The smallest absolute Gasteiger partial charge is 0.274 e. The topological polar surface area (TPSA) is 52.6 Å². The standard InChI is InChI=1S/C22H29N5O/c1-18-6-5-9-27(16-18)22(28)20-14-24-21(15-23-20)26-12-10-25(11-13-26)17-19-7-3-2-4-8-19/h2-4,7-8,14-15,18H,5-6,9-13,16-17H2,1H3. The fraction of sp³-hybridized carbons (Fsp3) is 0.500. The number of carbonyl (C=O) groups is 1. The van der Waals surface area contributed by atoms with Gasteiger partial charge in [-0.15, -0.1) is 0 Å². The fourth-order valence-electron chi connectivity index (χ4n) is 4.11. The summed E-state index contributed by atoms with van der Waals surface area (Å²) in [6.07, 6.45) is 5.68. The van der Waals surface area contributed by atoms with E-state index < -0.39 is 0 Å². The van der Waals surface area contributed by atoms with Gasteiger partial charge in [-0.05, 0) is 24.3 Å². The summed E-state index contributed by atoms with van der Waals surface area (Å²) in [6, 6.07) is 10.6. The Balaban J connectivity index is 1.31. The van der Waals surface area contributed by atoms with Crippen LogP contribution in [0.1, 0.15) is 35.8 Å². The molecule has 0 aliphatic carbocycles. The van der Waals surface area contributed by atoms with E-state index in [0.717, 1.165) is 58.1 Å². The summed E-state index contributed by atoms with van der Waals surface area (Å²) >= 11 is 0. The first-order valence-corrected chi connectivity index (χ1v) is 10.3. The molecule has 28 heavy (non-hydrogen) atoms. The third kappa shape index (κ3) is 4.50. The van der Waals surface area contributed by atoms with Gasteiger partial charge in [-0.1, -0.05) is 37.3 Å². The zero-order valence-corrected chi connectivity index (χ0v) is 16.6. The average molecular weight is 380 g/mol. The molecule has 3 heterocycles. The molecule has 2 fully saturated rings. The monoisotopic (exact) mass is 379 g/mol. The van der Waals surface area contributed by atoms with Crippen molar-refractivity contribution in [3.8, 4) is 0 Å². The van der Waals surface area contributed by atoms with E-state index in [1.165, 1.54) is 12.0 Å². The van der Waals surface area contributed by atoms with E-state index in [1.54, 1.807) is 12.4 Å². The number of aromatic nitrogens is 2. The number of rotatable bonds is 4. The van der Waals surface area contributed by atoms with E-state index >= 15 is 0 Å². The van der Waals surface area contributed by atoms with Crippen LogP contribution in [0.15, 0.2) is 42.7 Å². The van der Waals surface area contributed by atoms with E-state index in [2.05, 4.69) is 57.0 Å². The number of benzene rings is 1. The Morgan fingerprint density at radius 2 is 1.82 bits per heavy atom. The molecule has 1 aromatic heterocycles. The summed E-state index contributed by atoms with van der Waals surface area (Å²) in [5.41, 5.74) is 1.81. The molecular weight excluding hydrogens is 350 g/mol. The Morgan fingerprint density at radius 1 is 1.04 bits per heavy atom. The number of hydrogen-bond donors (Lipinski definition) is 0. The molecular formula is C22H29N5O. The Hall–Kier alpha value is -2.47. The molecule has 2 aromatic rings. The van der Waals surface area contributed by atoms with Crippen molar-refractivity contribution < 1.29 is 4.79 Å². The molecule has 1 aromatic carbocycles. The van der Waals surface area contributed by atoms with Crippen molar-refractivity contribution in [3.63, 3.8) is 0 Å². The maximum atomic E-state index is 12.7. The number of piperidine rings is 1. The van der Waals surface area contributed by atoms with Gasteiger partial charge in [0.15, 0.2) is 0 Å². The van der Waals surface area contributed by atoms with Gasteiger partial charge < -0.3 is 9.80 Å². The Kier molecular flexibility index (Phi) is 5.86. The second-order valence-corrected chi connectivity index (χ2v) is 8.01. The van der Waals surface area contributed by atoms with Crippen LogP contribution >= 0.6 is 0 Å². The Bertz CT molecular complexity index is 771. The molecule has 0 N–H and O–H groups in total. The molecule has 6 heteroatoms. The van der Waals surface area contributed by atoms with Crippen LogP contribution in [0.4, 0.5) is 5.82 Å². The van der Waals surface area contributed by atoms with Crippen molar-refractivity contribution >= 4 is 11.7 Å². The van der Waals surface area contributed by atoms with E-state index in [0.29, 0.717) is 11.6 Å². The maximum absolute atomic E-state index is 12.7. The van der Waals surface area contributed by atoms with Crippen molar-refractivity contribution in [2.24, 2.45) is 5.92 Å². The van der Waals surface area contributed by atoms with Gasteiger partial charge in [0.2, 0.25) is 0 Å². The van der Waals surface area contributed by atoms with Crippen molar-refractivity contribution in [1.82, 2.24) is 19.8 Å². The van der Waals surface area contributed by atoms with Crippen LogP contribution in [0.5, 0.6) is 0 Å². The number of piperazine rings is 1. The van der Waals surface area contributed by atoms with Crippen molar-refractivity contribution in [2.45, 2.75) is 26.3 Å². The van der Waals surface area contributed by atoms with Gasteiger partial charge in [-0.3, -0.25) is 9.69 Å². The van der Waals surface area contributed by atoms with Crippen LogP contribution in [-0.2, 0) is 6.54 Å². The number of likely N-dealkylation sites (tertiary alicyclic amines) is 1. The molecule has 1 amide bonds. The first kappa shape index (κ1) is 18.9. The molecule has 6 nitrogen and oxygen atoms in total.